The predicted octanol–water partition coefficient (Wildman–Crippen LogP) is 2.66. The minimum absolute atomic E-state index is 0.344. The molecule has 7 heteroatoms. The van der Waals surface area contributed by atoms with Gasteiger partial charge in [0.2, 0.25) is 0 Å². The van der Waals surface area contributed by atoms with Gasteiger partial charge in [0.25, 0.3) is 5.69 Å². The first-order valence-electron chi connectivity index (χ1n) is 6.44. The van der Waals surface area contributed by atoms with Crippen LogP contribution in [0.3, 0.4) is 0 Å². The summed E-state index contributed by atoms with van der Waals surface area (Å²) in [6, 6.07) is 3.98. The predicted molar refractivity (Wildman–Crippen MR) is 76.0 cm³/mol. The lowest BCUT2D eigenvalue weighted by Gasteiger charge is -2.06. The molecule has 2 aromatic rings. The zero-order valence-electron chi connectivity index (χ0n) is 12.0. The Labute approximate surface area is 121 Å². The third-order valence-electron chi connectivity index (χ3n) is 3.45. The molecule has 110 valence electrons. The van der Waals surface area contributed by atoms with Crippen molar-refractivity contribution in [2.75, 3.05) is 0 Å². The smallest absolute Gasteiger partial charge is 0.342 e. The SMILES string of the molecule is CCc1c(C)nn(-c2ccc([N+](=O)[O-])c(C(=O)O)c2)c1C. The Morgan fingerprint density at radius 2 is 2.10 bits per heavy atom. The Morgan fingerprint density at radius 1 is 1.43 bits per heavy atom. The van der Waals surface area contributed by atoms with Gasteiger partial charge in [0.15, 0.2) is 0 Å². The van der Waals surface area contributed by atoms with Crippen molar-refractivity contribution in [2.24, 2.45) is 0 Å². The van der Waals surface area contributed by atoms with Crippen molar-refractivity contribution in [3.05, 3.63) is 50.8 Å². The van der Waals surface area contributed by atoms with Gasteiger partial charge in [-0.05, 0) is 38.0 Å². The number of carboxylic acid groups (broad SMARTS) is 1. The summed E-state index contributed by atoms with van der Waals surface area (Å²) in [7, 11) is 0. The molecule has 0 aliphatic carbocycles. The van der Waals surface area contributed by atoms with Crippen LogP contribution in [0.2, 0.25) is 0 Å². The summed E-state index contributed by atoms with van der Waals surface area (Å²) < 4.78 is 1.62. The van der Waals surface area contributed by atoms with Gasteiger partial charge in [0.1, 0.15) is 5.56 Å². The van der Waals surface area contributed by atoms with Gasteiger partial charge in [0, 0.05) is 11.8 Å². The van der Waals surface area contributed by atoms with Gasteiger partial charge in [0.05, 0.1) is 16.3 Å². The third-order valence-corrected chi connectivity index (χ3v) is 3.45. The second kappa shape index (κ2) is 5.35. The van der Waals surface area contributed by atoms with Crippen molar-refractivity contribution in [2.45, 2.75) is 27.2 Å². The van der Waals surface area contributed by atoms with E-state index in [1.165, 1.54) is 18.2 Å². The summed E-state index contributed by atoms with van der Waals surface area (Å²) in [5, 5.41) is 24.4. The normalized spacial score (nSPS) is 10.6. The zero-order valence-corrected chi connectivity index (χ0v) is 12.0. The van der Waals surface area contributed by atoms with Crippen LogP contribution in [0.25, 0.3) is 5.69 Å². The first-order valence-corrected chi connectivity index (χ1v) is 6.44. The molecule has 21 heavy (non-hydrogen) atoms. The summed E-state index contributed by atoms with van der Waals surface area (Å²) in [4.78, 5) is 21.4. The topological polar surface area (TPSA) is 98.3 Å². The van der Waals surface area contributed by atoms with E-state index in [1.54, 1.807) is 4.68 Å². The number of aryl methyl sites for hydroxylation is 1. The second-order valence-corrected chi connectivity index (χ2v) is 4.68. The third kappa shape index (κ3) is 2.49. The van der Waals surface area contributed by atoms with E-state index in [1.807, 2.05) is 20.8 Å². The Balaban J connectivity index is 2.63. The molecule has 0 saturated carbocycles. The first-order chi connectivity index (χ1) is 9.86. The number of rotatable bonds is 4. The summed E-state index contributed by atoms with van der Waals surface area (Å²) in [5.41, 5.74) is 2.58. The van der Waals surface area contributed by atoms with E-state index in [9.17, 15) is 14.9 Å². The number of aromatic carboxylic acids is 1. The minimum atomic E-state index is -1.33. The quantitative estimate of drug-likeness (QED) is 0.689. The van der Waals surface area contributed by atoms with Crippen LogP contribution in [0.15, 0.2) is 18.2 Å². The van der Waals surface area contributed by atoms with Gasteiger partial charge in [-0.15, -0.1) is 0 Å². The van der Waals surface area contributed by atoms with Gasteiger partial charge >= 0.3 is 5.97 Å². The molecular formula is C14H15N3O4. The Bertz CT molecular complexity index is 734. The molecule has 2 rings (SSSR count). The fraction of sp³-hybridized carbons (Fsp3) is 0.286. The van der Waals surface area contributed by atoms with Gasteiger partial charge in [-0.25, -0.2) is 9.48 Å². The summed E-state index contributed by atoms with van der Waals surface area (Å²) in [5.74, 6) is -1.33. The van der Waals surface area contributed by atoms with Gasteiger partial charge in [-0.2, -0.15) is 5.10 Å². The molecule has 1 N–H and O–H groups in total. The Hall–Kier alpha value is -2.70. The van der Waals surface area contributed by atoms with Crippen LogP contribution in [0.1, 0.15) is 34.2 Å². The molecule has 0 aliphatic heterocycles. The summed E-state index contributed by atoms with van der Waals surface area (Å²) in [6.45, 7) is 5.78. The van der Waals surface area contributed by atoms with E-state index < -0.39 is 16.6 Å². The van der Waals surface area contributed by atoms with Gasteiger partial charge < -0.3 is 5.11 Å². The molecular weight excluding hydrogens is 274 g/mol. The average molecular weight is 289 g/mol. The number of carboxylic acids is 1. The average Bonchev–Trinajstić information content (AvgIpc) is 2.72. The molecule has 0 saturated heterocycles. The van der Waals surface area contributed by atoms with Gasteiger partial charge in [-0.3, -0.25) is 10.1 Å². The van der Waals surface area contributed by atoms with E-state index >= 15 is 0 Å². The van der Waals surface area contributed by atoms with Crippen LogP contribution in [0, 0.1) is 24.0 Å². The maximum absolute atomic E-state index is 11.2. The summed E-state index contributed by atoms with van der Waals surface area (Å²) in [6.07, 6.45) is 0.816. The highest BCUT2D eigenvalue weighted by molar-refractivity contribution is 5.93. The molecule has 0 spiro atoms. The number of hydrogen-bond acceptors (Lipinski definition) is 4. The van der Waals surface area contributed by atoms with Crippen molar-refractivity contribution in [1.29, 1.82) is 0 Å². The fourth-order valence-electron chi connectivity index (χ4n) is 2.42. The van der Waals surface area contributed by atoms with E-state index in [0.29, 0.717) is 5.69 Å². The summed E-state index contributed by atoms with van der Waals surface area (Å²) >= 11 is 0. The van der Waals surface area contributed by atoms with Crippen LogP contribution < -0.4 is 0 Å². The molecule has 0 fully saturated rings. The van der Waals surface area contributed by atoms with Crippen LogP contribution in [0.5, 0.6) is 0 Å². The molecule has 0 bridgehead atoms. The monoisotopic (exact) mass is 289 g/mol. The van der Waals surface area contributed by atoms with Crippen molar-refractivity contribution in [3.63, 3.8) is 0 Å². The Kier molecular flexibility index (Phi) is 3.75. The highest BCUT2D eigenvalue weighted by atomic mass is 16.6. The van der Waals surface area contributed by atoms with Crippen molar-refractivity contribution < 1.29 is 14.8 Å². The minimum Gasteiger partial charge on any atom is -0.477 e. The lowest BCUT2D eigenvalue weighted by atomic mass is 10.1. The van der Waals surface area contributed by atoms with Gasteiger partial charge in [-0.1, -0.05) is 6.92 Å². The maximum atomic E-state index is 11.2. The molecule has 0 unspecified atom stereocenters. The molecule has 7 nitrogen and oxygen atoms in total. The molecule has 0 aliphatic rings. The van der Waals surface area contributed by atoms with Crippen LogP contribution in [-0.4, -0.2) is 25.8 Å². The largest absolute Gasteiger partial charge is 0.477 e. The van der Waals surface area contributed by atoms with Crippen LogP contribution >= 0.6 is 0 Å². The van der Waals surface area contributed by atoms with E-state index in [4.69, 9.17) is 5.11 Å². The number of benzene rings is 1. The fourth-order valence-corrected chi connectivity index (χ4v) is 2.42. The molecule has 1 heterocycles. The standard InChI is InChI=1S/C14H15N3O4/c1-4-11-8(2)15-16(9(11)3)10-5-6-13(17(20)21)12(7-10)14(18)19/h5-7H,4H2,1-3H3,(H,18,19). The lowest BCUT2D eigenvalue weighted by molar-refractivity contribution is -0.385. The van der Waals surface area contributed by atoms with Crippen LogP contribution in [0.4, 0.5) is 5.69 Å². The molecule has 1 aromatic heterocycles. The first kappa shape index (κ1) is 14.7. The lowest BCUT2D eigenvalue weighted by Crippen LogP contribution is -2.06. The van der Waals surface area contributed by atoms with E-state index in [2.05, 4.69) is 5.10 Å². The van der Waals surface area contributed by atoms with Crippen molar-refractivity contribution in [3.8, 4) is 5.69 Å². The molecule has 1 aromatic carbocycles. The number of carbonyl (C=O) groups is 1. The molecule has 0 radical (unpaired) electrons. The van der Waals surface area contributed by atoms with Crippen LogP contribution in [-0.2, 0) is 6.42 Å². The second-order valence-electron chi connectivity index (χ2n) is 4.68. The highest BCUT2D eigenvalue weighted by Gasteiger charge is 2.21. The zero-order chi connectivity index (χ0) is 15.7. The number of nitrogens with zero attached hydrogens (tertiary/aromatic N) is 3. The van der Waals surface area contributed by atoms with Crippen molar-refractivity contribution in [1.82, 2.24) is 9.78 Å². The highest BCUT2D eigenvalue weighted by Crippen LogP contribution is 2.24. The molecule has 0 atom stereocenters. The number of nitro benzene ring substituents is 1. The number of nitro groups is 1. The Morgan fingerprint density at radius 3 is 2.57 bits per heavy atom. The molecule has 0 amide bonds. The maximum Gasteiger partial charge on any atom is 0.342 e. The van der Waals surface area contributed by atoms with Crippen molar-refractivity contribution >= 4 is 11.7 Å². The van der Waals surface area contributed by atoms with E-state index in [0.717, 1.165) is 23.4 Å². The number of hydrogen-bond donors (Lipinski definition) is 1. The number of aromatic nitrogens is 2. The van der Waals surface area contributed by atoms with E-state index in [-0.39, 0.29) is 5.56 Å².